The smallest absolute Gasteiger partial charge is 0.242 e. The van der Waals surface area contributed by atoms with Gasteiger partial charge in [0.25, 0.3) is 0 Å². The van der Waals surface area contributed by atoms with E-state index in [-0.39, 0.29) is 5.91 Å². The number of likely N-dealkylation sites (N-methyl/N-ethyl adjacent to an activating group) is 1. The van der Waals surface area contributed by atoms with Crippen LogP contribution >= 0.6 is 0 Å². The summed E-state index contributed by atoms with van der Waals surface area (Å²) < 4.78 is 0. The molecule has 1 amide bonds. The van der Waals surface area contributed by atoms with E-state index >= 15 is 0 Å². The SMILES string of the molecule is CN(C)C(=O)C1(N)CC1. The summed E-state index contributed by atoms with van der Waals surface area (Å²) in [7, 11) is 3.46. The Morgan fingerprint density at radius 2 is 2.00 bits per heavy atom. The van der Waals surface area contributed by atoms with E-state index in [2.05, 4.69) is 0 Å². The van der Waals surface area contributed by atoms with Crippen molar-refractivity contribution in [1.82, 2.24) is 4.90 Å². The van der Waals surface area contributed by atoms with Gasteiger partial charge in [-0.25, -0.2) is 0 Å². The largest absolute Gasteiger partial charge is 0.347 e. The van der Waals surface area contributed by atoms with Gasteiger partial charge >= 0.3 is 0 Å². The Hall–Kier alpha value is -0.570. The highest BCUT2D eigenvalue weighted by Gasteiger charge is 2.46. The molecule has 2 N–H and O–H groups in total. The van der Waals surface area contributed by atoms with Crippen molar-refractivity contribution in [3.8, 4) is 0 Å². The molecule has 0 aromatic heterocycles. The number of carbonyl (C=O) groups excluding carboxylic acids is 1. The van der Waals surface area contributed by atoms with Gasteiger partial charge < -0.3 is 10.6 Å². The third-order valence-electron chi connectivity index (χ3n) is 1.62. The van der Waals surface area contributed by atoms with Gasteiger partial charge in [-0.15, -0.1) is 0 Å². The van der Waals surface area contributed by atoms with Crippen molar-refractivity contribution in [3.63, 3.8) is 0 Å². The van der Waals surface area contributed by atoms with Crippen LogP contribution in [0.15, 0.2) is 0 Å². The summed E-state index contributed by atoms with van der Waals surface area (Å²) in [6.07, 6.45) is 1.70. The van der Waals surface area contributed by atoms with E-state index < -0.39 is 5.54 Å². The minimum atomic E-state index is -0.483. The average Bonchev–Trinajstić information content (AvgIpc) is 2.47. The van der Waals surface area contributed by atoms with E-state index in [9.17, 15) is 4.79 Å². The number of nitrogens with two attached hydrogens (primary N) is 1. The minimum absolute atomic E-state index is 0.0579. The van der Waals surface area contributed by atoms with Crippen LogP contribution < -0.4 is 5.73 Å². The van der Waals surface area contributed by atoms with Crippen LogP contribution in [0.4, 0.5) is 0 Å². The van der Waals surface area contributed by atoms with Crippen LogP contribution in [0.25, 0.3) is 0 Å². The normalized spacial score (nSPS) is 21.2. The van der Waals surface area contributed by atoms with Crippen LogP contribution in [0, 0.1) is 0 Å². The summed E-state index contributed by atoms with van der Waals surface area (Å²) in [5, 5.41) is 0. The Labute approximate surface area is 54.8 Å². The molecule has 0 aromatic carbocycles. The highest BCUT2D eigenvalue weighted by atomic mass is 16.2. The van der Waals surface area contributed by atoms with Crippen molar-refractivity contribution < 1.29 is 4.79 Å². The highest BCUT2D eigenvalue weighted by molar-refractivity contribution is 5.88. The fraction of sp³-hybridized carbons (Fsp3) is 0.833. The molecule has 52 valence electrons. The molecule has 1 saturated carbocycles. The molecule has 3 heteroatoms. The highest BCUT2D eigenvalue weighted by Crippen LogP contribution is 2.33. The van der Waals surface area contributed by atoms with Gasteiger partial charge in [0.15, 0.2) is 0 Å². The Morgan fingerprint density at radius 3 is 2.11 bits per heavy atom. The van der Waals surface area contributed by atoms with Crippen molar-refractivity contribution in [1.29, 1.82) is 0 Å². The Balaban J connectivity index is 2.53. The number of carbonyl (C=O) groups is 1. The molecule has 1 fully saturated rings. The van der Waals surface area contributed by atoms with Gasteiger partial charge in [-0.2, -0.15) is 0 Å². The molecule has 9 heavy (non-hydrogen) atoms. The van der Waals surface area contributed by atoms with Gasteiger partial charge in [0, 0.05) is 14.1 Å². The second kappa shape index (κ2) is 1.70. The summed E-state index contributed by atoms with van der Waals surface area (Å²) in [6.45, 7) is 0. The van der Waals surface area contributed by atoms with Gasteiger partial charge in [0.2, 0.25) is 5.91 Å². The molecule has 0 saturated heterocycles. The van der Waals surface area contributed by atoms with E-state index in [0.29, 0.717) is 0 Å². The number of nitrogens with zero attached hydrogens (tertiary/aromatic N) is 1. The molecule has 0 heterocycles. The molecule has 3 nitrogen and oxygen atoms in total. The maximum absolute atomic E-state index is 11.0. The van der Waals surface area contributed by atoms with E-state index in [4.69, 9.17) is 5.73 Å². The lowest BCUT2D eigenvalue weighted by Crippen LogP contribution is -2.41. The molecule has 1 rings (SSSR count). The maximum Gasteiger partial charge on any atom is 0.242 e. The van der Waals surface area contributed by atoms with E-state index in [0.717, 1.165) is 12.8 Å². The van der Waals surface area contributed by atoms with E-state index in [1.807, 2.05) is 0 Å². The van der Waals surface area contributed by atoms with Crippen molar-refractivity contribution in [2.45, 2.75) is 18.4 Å². The topological polar surface area (TPSA) is 46.3 Å². The number of hydrogen-bond acceptors (Lipinski definition) is 2. The van der Waals surface area contributed by atoms with Crippen molar-refractivity contribution >= 4 is 5.91 Å². The molecule has 0 radical (unpaired) electrons. The van der Waals surface area contributed by atoms with Crippen LogP contribution in [0.5, 0.6) is 0 Å². The second-order valence-corrected chi connectivity index (χ2v) is 2.86. The van der Waals surface area contributed by atoms with E-state index in [1.54, 1.807) is 19.0 Å². The zero-order chi connectivity index (χ0) is 7.07. The fourth-order valence-electron chi connectivity index (χ4n) is 0.794. The van der Waals surface area contributed by atoms with Gasteiger partial charge in [0.05, 0.1) is 5.54 Å². The van der Waals surface area contributed by atoms with Gasteiger partial charge in [-0.1, -0.05) is 0 Å². The lowest BCUT2D eigenvalue weighted by Gasteiger charge is -2.14. The van der Waals surface area contributed by atoms with Crippen LogP contribution in [0.1, 0.15) is 12.8 Å². The zero-order valence-corrected chi connectivity index (χ0v) is 5.85. The van der Waals surface area contributed by atoms with Gasteiger partial charge in [-0.05, 0) is 12.8 Å². The first-order valence-corrected chi connectivity index (χ1v) is 3.07. The van der Waals surface area contributed by atoms with Crippen LogP contribution in [0.3, 0.4) is 0 Å². The number of rotatable bonds is 1. The number of amides is 1. The Bertz CT molecular complexity index is 138. The molecule has 0 unspecified atom stereocenters. The first kappa shape index (κ1) is 6.55. The summed E-state index contributed by atoms with van der Waals surface area (Å²) in [5.74, 6) is 0.0579. The van der Waals surface area contributed by atoms with Crippen molar-refractivity contribution in [2.24, 2.45) is 5.73 Å². The molecule has 0 aliphatic heterocycles. The average molecular weight is 128 g/mol. The molecule has 1 aliphatic rings. The van der Waals surface area contributed by atoms with Crippen LogP contribution in [-0.4, -0.2) is 30.4 Å². The zero-order valence-electron chi connectivity index (χ0n) is 5.85. The third-order valence-corrected chi connectivity index (χ3v) is 1.62. The predicted molar refractivity (Wildman–Crippen MR) is 34.8 cm³/mol. The van der Waals surface area contributed by atoms with Crippen molar-refractivity contribution in [3.05, 3.63) is 0 Å². The Morgan fingerprint density at radius 1 is 1.56 bits per heavy atom. The monoisotopic (exact) mass is 128 g/mol. The standard InChI is InChI=1S/C6H12N2O/c1-8(2)5(9)6(7)3-4-6/h3-4,7H2,1-2H3. The van der Waals surface area contributed by atoms with E-state index in [1.165, 1.54) is 0 Å². The summed E-state index contributed by atoms with van der Waals surface area (Å²) in [5.41, 5.74) is 5.12. The quantitative estimate of drug-likeness (QED) is 0.520. The molecular weight excluding hydrogens is 116 g/mol. The molecule has 0 atom stereocenters. The van der Waals surface area contributed by atoms with Gasteiger partial charge in [0.1, 0.15) is 0 Å². The molecule has 0 aromatic rings. The van der Waals surface area contributed by atoms with Crippen LogP contribution in [-0.2, 0) is 4.79 Å². The summed E-state index contributed by atoms with van der Waals surface area (Å²) in [6, 6.07) is 0. The fourth-order valence-corrected chi connectivity index (χ4v) is 0.794. The van der Waals surface area contributed by atoms with Gasteiger partial charge in [-0.3, -0.25) is 4.79 Å². The maximum atomic E-state index is 11.0. The molecule has 0 spiro atoms. The first-order chi connectivity index (χ1) is 4.06. The Kier molecular flexibility index (Phi) is 1.24. The molecule has 1 aliphatic carbocycles. The summed E-state index contributed by atoms with van der Waals surface area (Å²) in [4.78, 5) is 12.6. The first-order valence-electron chi connectivity index (χ1n) is 3.07. The molecular formula is C6H12N2O. The second-order valence-electron chi connectivity index (χ2n) is 2.86. The predicted octanol–water partition coefficient (Wildman–Crippen LogP) is -0.434. The third kappa shape index (κ3) is 1.05. The lowest BCUT2D eigenvalue weighted by molar-refractivity contribution is -0.131. The molecule has 0 bridgehead atoms. The van der Waals surface area contributed by atoms with Crippen molar-refractivity contribution in [2.75, 3.05) is 14.1 Å². The van der Waals surface area contributed by atoms with Crippen LogP contribution in [0.2, 0.25) is 0 Å². The summed E-state index contributed by atoms with van der Waals surface area (Å²) >= 11 is 0. The minimum Gasteiger partial charge on any atom is -0.347 e. The lowest BCUT2D eigenvalue weighted by atomic mass is 10.2. The number of hydrogen-bond donors (Lipinski definition) is 1.